The van der Waals surface area contributed by atoms with Gasteiger partial charge in [0.25, 0.3) is 0 Å². The van der Waals surface area contributed by atoms with E-state index in [0.717, 1.165) is 24.0 Å². The maximum absolute atomic E-state index is 5.89. The van der Waals surface area contributed by atoms with Gasteiger partial charge in [-0.1, -0.05) is 0 Å². The minimum atomic E-state index is 0.559. The molecule has 0 saturated carbocycles. The topological polar surface area (TPSA) is 45.4 Å². The number of aryl methyl sites for hydroxylation is 2. The number of pyridine rings is 1. The zero-order valence-corrected chi connectivity index (χ0v) is 12.6. The summed E-state index contributed by atoms with van der Waals surface area (Å²) in [6.07, 6.45) is 1.28. The molecule has 0 aliphatic carbocycles. The summed E-state index contributed by atoms with van der Waals surface area (Å²) < 4.78 is 0. The number of nitrogens with two attached hydrogens (primary N) is 1. The molecule has 0 spiro atoms. The summed E-state index contributed by atoms with van der Waals surface area (Å²) in [7, 11) is 4.33. The Balaban J connectivity index is 2.16. The van der Waals surface area contributed by atoms with Crippen LogP contribution in [0.1, 0.15) is 23.2 Å². The van der Waals surface area contributed by atoms with Crippen LogP contribution in [0.2, 0.25) is 0 Å². The lowest BCUT2D eigenvalue weighted by Crippen LogP contribution is -2.29. The summed E-state index contributed by atoms with van der Waals surface area (Å²) in [6.45, 7) is 8.19. The third-order valence-electron chi connectivity index (χ3n) is 4.04. The molecule has 1 atom stereocenters. The standard InChI is InChI=1S/C15H26N4/c1-11-7-12(2)17-15(14(11)8-16)19(4)10-13-5-6-18(3)9-13/h7,13H,5-6,8-10,16H2,1-4H3. The summed E-state index contributed by atoms with van der Waals surface area (Å²) >= 11 is 0. The molecule has 2 heterocycles. The summed E-state index contributed by atoms with van der Waals surface area (Å²) in [6, 6.07) is 2.11. The first-order valence-corrected chi connectivity index (χ1v) is 7.08. The van der Waals surface area contributed by atoms with Crippen LogP contribution in [0.4, 0.5) is 5.82 Å². The van der Waals surface area contributed by atoms with Gasteiger partial charge in [0.1, 0.15) is 5.82 Å². The van der Waals surface area contributed by atoms with Crippen molar-refractivity contribution in [3.8, 4) is 0 Å². The number of hydrogen-bond donors (Lipinski definition) is 1. The highest BCUT2D eigenvalue weighted by Gasteiger charge is 2.22. The van der Waals surface area contributed by atoms with E-state index in [2.05, 4.69) is 36.9 Å². The van der Waals surface area contributed by atoms with Crippen molar-refractivity contribution < 1.29 is 0 Å². The van der Waals surface area contributed by atoms with Crippen LogP contribution >= 0.6 is 0 Å². The Morgan fingerprint density at radius 3 is 2.79 bits per heavy atom. The second kappa shape index (κ2) is 5.88. The normalized spacial score (nSPS) is 19.9. The lowest BCUT2D eigenvalue weighted by atomic mass is 10.1. The quantitative estimate of drug-likeness (QED) is 0.894. The number of rotatable bonds is 4. The SMILES string of the molecule is Cc1cc(C)c(CN)c(N(C)CC2CCN(C)C2)n1. The number of nitrogens with zero attached hydrogens (tertiary/aromatic N) is 3. The number of likely N-dealkylation sites (tertiary alicyclic amines) is 1. The van der Waals surface area contributed by atoms with Gasteiger partial charge in [-0.05, 0) is 51.4 Å². The number of hydrogen-bond acceptors (Lipinski definition) is 4. The second-order valence-corrected chi connectivity index (χ2v) is 5.88. The predicted molar refractivity (Wildman–Crippen MR) is 80.5 cm³/mol. The smallest absolute Gasteiger partial charge is 0.133 e. The lowest BCUT2D eigenvalue weighted by molar-refractivity contribution is 0.395. The zero-order valence-electron chi connectivity index (χ0n) is 12.6. The first-order chi connectivity index (χ1) is 9.01. The van der Waals surface area contributed by atoms with Gasteiger partial charge in [0.2, 0.25) is 0 Å². The van der Waals surface area contributed by atoms with E-state index in [0.29, 0.717) is 6.54 Å². The minimum Gasteiger partial charge on any atom is -0.359 e. The van der Waals surface area contributed by atoms with Gasteiger partial charge in [-0.3, -0.25) is 0 Å². The molecule has 2 rings (SSSR count). The van der Waals surface area contributed by atoms with Gasteiger partial charge in [-0.15, -0.1) is 0 Å². The Bertz CT molecular complexity index is 444. The molecule has 4 nitrogen and oxygen atoms in total. The average molecular weight is 262 g/mol. The number of anilines is 1. The fraction of sp³-hybridized carbons (Fsp3) is 0.667. The van der Waals surface area contributed by atoms with Crippen molar-refractivity contribution in [3.63, 3.8) is 0 Å². The molecule has 0 bridgehead atoms. The van der Waals surface area contributed by atoms with Crippen LogP contribution in [0.3, 0.4) is 0 Å². The Kier molecular flexibility index (Phi) is 4.42. The third kappa shape index (κ3) is 3.25. The summed E-state index contributed by atoms with van der Waals surface area (Å²) in [4.78, 5) is 9.38. The van der Waals surface area contributed by atoms with Gasteiger partial charge >= 0.3 is 0 Å². The van der Waals surface area contributed by atoms with Crippen molar-refractivity contribution in [1.82, 2.24) is 9.88 Å². The molecule has 0 aromatic carbocycles. The minimum absolute atomic E-state index is 0.559. The molecule has 1 saturated heterocycles. The molecule has 1 aliphatic heterocycles. The molecule has 1 aliphatic rings. The van der Waals surface area contributed by atoms with Crippen molar-refractivity contribution in [1.29, 1.82) is 0 Å². The molecule has 106 valence electrons. The van der Waals surface area contributed by atoms with Crippen LogP contribution in [0.25, 0.3) is 0 Å². The van der Waals surface area contributed by atoms with Crippen LogP contribution in [0.15, 0.2) is 6.07 Å². The Morgan fingerprint density at radius 2 is 2.21 bits per heavy atom. The monoisotopic (exact) mass is 262 g/mol. The first kappa shape index (κ1) is 14.3. The fourth-order valence-electron chi connectivity index (χ4n) is 3.06. The van der Waals surface area contributed by atoms with Crippen LogP contribution in [0.5, 0.6) is 0 Å². The van der Waals surface area contributed by atoms with Crippen molar-refractivity contribution >= 4 is 5.82 Å². The zero-order chi connectivity index (χ0) is 14.0. The molecule has 4 heteroatoms. The summed E-state index contributed by atoms with van der Waals surface area (Å²) in [5, 5.41) is 0. The highest BCUT2D eigenvalue weighted by atomic mass is 15.2. The van der Waals surface area contributed by atoms with Crippen LogP contribution in [-0.2, 0) is 6.54 Å². The van der Waals surface area contributed by atoms with E-state index in [1.807, 2.05) is 6.92 Å². The summed E-state index contributed by atoms with van der Waals surface area (Å²) in [5.41, 5.74) is 9.39. The molecule has 0 amide bonds. The maximum atomic E-state index is 5.89. The van der Waals surface area contributed by atoms with Gasteiger partial charge < -0.3 is 15.5 Å². The van der Waals surface area contributed by atoms with E-state index < -0.39 is 0 Å². The molecule has 2 N–H and O–H groups in total. The van der Waals surface area contributed by atoms with E-state index in [1.54, 1.807) is 0 Å². The molecule has 1 aromatic rings. The highest BCUT2D eigenvalue weighted by molar-refractivity contribution is 5.51. The van der Waals surface area contributed by atoms with Crippen molar-refractivity contribution in [3.05, 3.63) is 22.9 Å². The van der Waals surface area contributed by atoms with Gasteiger partial charge in [0.05, 0.1) is 0 Å². The van der Waals surface area contributed by atoms with Crippen LogP contribution in [-0.4, -0.2) is 43.6 Å². The van der Waals surface area contributed by atoms with E-state index in [4.69, 9.17) is 10.7 Å². The molecule has 0 radical (unpaired) electrons. The largest absolute Gasteiger partial charge is 0.359 e. The molecule has 1 unspecified atom stereocenters. The van der Waals surface area contributed by atoms with Crippen molar-refractivity contribution in [2.24, 2.45) is 11.7 Å². The van der Waals surface area contributed by atoms with Crippen molar-refractivity contribution in [2.45, 2.75) is 26.8 Å². The van der Waals surface area contributed by atoms with E-state index in [-0.39, 0.29) is 0 Å². The first-order valence-electron chi connectivity index (χ1n) is 7.08. The van der Waals surface area contributed by atoms with Gasteiger partial charge in [0.15, 0.2) is 0 Å². The molecular weight excluding hydrogens is 236 g/mol. The number of aromatic nitrogens is 1. The van der Waals surface area contributed by atoms with Gasteiger partial charge in [-0.2, -0.15) is 0 Å². The predicted octanol–water partition coefficient (Wildman–Crippen LogP) is 1.55. The maximum Gasteiger partial charge on any atom is 0.133 e. The van der Waals surface area contributed by atoms with Crippen LogP contribution in [0, 0.1) is 19.8 Å². The van der Waals surface area contributed by atoms with Gasteiger partial charge in [-0.25, -0.2) is 4.98 Å². The third-order valence-corrected chi connectivity index (χ3v) is 4.04. The second-order valence-electron chi connectivity index (χ2n) is 5.88. The Hall–Kier alpha value is -1.13. The van der Waals surface area contributed by atoms with E-state index >= 15 is 0 Å². The molecule has 1 aromatic heterocycles. The highest BCUT2D eigenvalue weighted by Crippen LogP contribution is 2.24. The summed E-state index contributed by atoms with van der Waals surface area (Å²) in [5.74, 6) is 1.80. The lowest BCUT2D eigenvalue weighted by Gasteiger charge is -2.25. The molecule has 1 fully saturated rings. The fourth-order valence-corrected chi connectivity index (χ4v) is 3.06. The van der Waals surface area contributed by atoms with E-state index in [1.165, 1.54) is 30.6 Å². The average Bonchev–Trinajstić information content (AvgIpc) is 2.73. The Labute approximate surface area is 116 Å². The van der Waals surface area contributed by atoms with Crippen LogP contribution < -0.4 is 10.6 Å². The van der Waals surface area contributed by atoms with Gasteiger partial charge in [0, 0.05) is 37.9 Å². The Morgan fingerprint density at radius 1 is 1.47 bits per heavy atom. The van der Waals surface area contributed by atoms with Crippen molar-refractivity contribution in [2.75, 3.05) is 38.6 Å². The molecular formula is C15H26N4. The molecule has 19 heavy (non-hydrogen) atoms. The van der Waals surface area contributed by atoms with E-state index in [9.17, 15) is 0 Å².